The number of rotatable bonds is 9. The van der Waals surface area contributed by atoms with E-state index in [1.807, 2.05) is 0 Å². The fourth-order valence-electron chi connectivity index (χ4n) is 2.71. The van der Waals surface area contributed by atoms with Crippen LogP contribution in [0.4, 0.5) is 0 Å². The molecule has 0 spiro atoms. The Morgan fingerprint density at radius 3 is 2.04 bits per heavy atom. The number of aliphatic carboxylic acids is 2. The third-order valence-corrected chi connectivity index (χ3v) is 3.93. The van der Waals surface area contributed by atoms with Crippen molar-refractivity contribution in [2.75, 3.05) is 6.54 Å². The van der Waals surface area contributed by atoms with Crippen LogP contribution in [0.3, 0.4) is 0 Å². The molecule has 0 radical (unpaired) electrons. The number of nitrogens with one attached hydrogen (secondary N) is 1. The van der Waals surface area contributed by atoms with Crippen LogP contribution in [0.15, 0.2) is 24.3 Å². The normalized spacial score (nSPS) is 14.3. The van der Waals surface area contributed by atoms with Gasteiger partial charge in [-0.05, 0) is 23.6 Å². The topological polar surface area (TPSA) is 167 Å². The molecule has 2 amide bonds. The summed E-state index contributed by atoms with van der Waals surface area (Å²) in [5, 5.41) is 31.6. The smallest absolute Gasteiger partial charge is 0.336 e. The maximum absolute atomic E-state index is 11.8. The molecule has 0 heterocycles. The molecule has 9 heteroatoms. The van der Waals surface area contributed by atoms with E-state index in [-0.39, 0.29) is 12.1 Å². The number of carbonyl (C=O) groups excluding carboxylic acids is 2. The maximum atomic E-state index is 11.8. The lowest BCUT2D eigenvalue weighted by atomic mass is 9.76. The van der Waals surface area contributed by atoms with Crippen LogP contribution in [0.25, 0.3) is 0 Å². The Kier molecular flexibility index (Phi) is 6.85. The molecule has 0 bridgehead atoms. The highest BCUT2D eigenvalue weighted by molar-refractivity contribution is 5.96. The zero-order chi connectivity index (χ0) is 20.1. The van der Waals surface area contributed by atoms with E-state index in [1.54, 1.807) is 0 Å². The first-order valence-corrected chi connectivity index (χ1v) is 7.83. The first kappa shape index (κ1) is 21.1. The highest BCUT2D eigenvalue weighted by atomic mass is 16.4. The molecular weight excluding hydrogens is 344 g/mol. The molecule has 1 rings (SSSR count). The minimum absolute atomic E-state index is 0.201. The molecule has 2 unspecified atom stereocenters. The van der Waals surface area contributed by atoms with Crippen LogP contribution in [0.1, 0.15) is 29.8 Å². The molecule has 1 aromatic rings. The quantitative estimate of drug-likeness (QED) is 0.397. The lowest BCUT2D eigenvalue weighted by Gasteiger charge is -2.32. The number of nitrogens with two attached hydrogens (primary N) is 1. The Hall–Kier alpha value is -2.94. The van der Waals surface area contributed by atoms with Crippen LogP contribution in [-0.4, -0.2) is 51.2 Å². The van der Waals surface area contributed by atoms with Gasteiger partial charge in [0.2, 0.25) is 5.91 Å². The van der Waals surface area contributed by atoms with Crippen molar-refractivity contribution < 1.29 is 34.5 Å². The van der Waals surface area contributed by atoms with E-state index >= 15 is 0 Å². The lowest BCUT2D eigenvalue weighted by Crippen LogP contribution is -2.53. The van der Waals surface area contributed by atoms with Crippen molar-refractivity contribution in [3.63, 3.8) is 0 Å². The van der Waals surface area contributed by atoms with Crippen molar-refractivity contribution in [3.05, 3.63) is 35.4 Å². The predicted molar refractivity (Wildman–Crippen MR) is 90.2 cm³/mol. The van der Waals surface area contributed by atoms with Gasteiger partial charge < -0.3 is 26.4 Å². The number of carboxylic acids is 2. The van der Waals surface area contributed by atoms with E-state index in [9.17, 15) is 34.5 Å². The van der Waals surface area contributed by atoms with Crippen LogP contribution < -0.4 is 11.1 Å². The van der Waals surface area contributed by atoms with Gasteiger partial charge in [0.05, 0.1) is 12.5 Å². The summed E-state index contributed by atoms with van der Waals surface area (Å²) in [6, 6.07) is 5.57. The molecule has 0 fully saturated rings. The largest absolute Gasteiger partial charge is 0.481 e. The van der Waals surface area contributed by atoms with Crippen molar-refractivity contribution in [1.29, 1.82) is 0 Å². The molecule has 0 saturated carbocycles. The number of benzene rings is 1. The van der Waals surface area contributed by atoms with Gasteiger partial charge in [-0.25, -0.2) is 4.79 Å². The van der Waals surface area contributed by atoms with Crippen molar-refractivity contribution in [3.8, 4) is 0 Å². The van der Waals surface area contributed by atoms with Gasteiger partial charge in [0.25, 0.3) is 5.91 Å². The second-order valence-electron chi connectivity index (χ2n) is 6.31. The Balaban J connectivity index is 3.03. The summed E-state index contributed by atoms with van der Waals surface area (Å²) in [5.74, 6) is -6.43. The van der Waals surface area contributed by atoms with Gasteiger partial charge in [0.1, 0.15) is 0 Å². The lowest BCUT2D eigenvalue weighted by molar-refractivity contribution is -0.177. The van der Waals surface area contributed by atoms with Gasteiger partial charge >= 0.3 is 11.9 Å². The molecule has 1 aromatic carbocycles. The van der Waals surface area contributed by atoms with Gasteiger partial charge in [0.15, 0.2) is 5.60 Å². The van der Waals surface area contributed by atoms with Crippen molar-refractivity contribution in [1.82, 2.24) is 5.32 Å². The minimum Gasteiger partial charge on any atom is -0.481 e. The maximum Gasteiger partial charge on any atom is 0.336 e. The fraction of sp³-hybridized carbons (Fsp3) is 0.412. The van der Waals surface area contributed by atoms with Gasteiger partial charge in [0, 0.05) is 12.0 Å². The molecule has 0 saturated heterocycles. The molecule has 26 heavy (non-hydrogen) atoms. The van der Waals surface area contributed by atoms with E-state index in [4.69, 9.17) is 5.73 Å². The van der Waals surface area contributed by atoms with Crippen LogP contribution >= 0.6 is 0 Å². The van der Waals surface area contributed by atoms with Gasteiger partial charge in [-0.2, -0.15) is 0 Å². The van der Waals surface area contributed by atoms with Crippen molar-refractivity contribution in [2.24, 2.45) is 17.6 Å². The highest BCUT2D eigenvalue weighted by Gasteiger charge is 2.49. The number of amides is 2. The van der Waals surface area contributed by atoms with E-state index in [1.165, 1.54) is 38.1 Å². The minimum atomic E-state index is -2.50. The average Bonchev–Trinajstić information content (AvgIpc) is 2.52. The zero-order valence-corrected chi connectivity index (χ0v) is 14.4. The average molecular weight is 366 g/mol. The Labute approximate surface area is 149 Å². The molecule has 0 aliphatic carbocycles. The summed E-state index contributed by atoms with van der Waals surface area (Å²) in [6.45, 7) is 2.70. The SMILES string of the molecule is CC(C)C(C(=O)O)C(O)(Cc1ccc(C(=O)NCC(N)=O)cc1)C(=O)O. The number of carbonyl (C=O) groups is 4. The van der Waals surface area contributed by atoms with E-state index < -0.39 is 47.6 Å². The Morgan fingerprint density at radius 1 is 1.12 bits per heavy atom. The third kappa shape index (κ3) is 5.03. The second kappa shape index (κ2) is 8.43. The van der Waals surface area contributed by atoms with Gasteiger partial charge in [-0.15, -0.1) is 0 Å². The number of hydrogen-bond acceptors (Lipinski definition) is 5. The summed E-state index contributed by atoms with van der Waals surface area (Å²) in [5.41, 5.74) is 2.97. The summed E-state index contributed by atoms with van der Waals surface area (Å²) < 4.78 is 0. The van der Waals surface area contributed by atoms with Crippen molar-refractivity contribution >= 4 is 23.8 Å². The molecule has 142 valence electrons. The summed E-state index contributed by atoms with van der Waals surface area (Å²) in [6.07, 6.45) is -0.444. The van der Waals surface area contributed by atoms with Gasteiger partial charge in [-0.1, -0.05) is 26.0 Å². The van der Waals surface area contributed by atoms with Crippen LogP contribution in [0, 0.1) is 11.8 Å². The first-order chi connectivity index (χ1) is 12.0. The molecule has 0 aliphatic heterocycles. The number of carboxylic acid groups (broad SMARTS) is 2. The zero-order valence-electron chi connectivity index (χ0n) is 14.4. The molecule has 9 nitrogen and oxygen atoms in total. The fourth-order valence-corrected chi connectivity index (χ4v) is 2.71. The van der Waals surface area contributed by atoms with E-state index in [0.717, 1.165) is 0 Å². The van der Waals surface area contributed by atoms with Crippen LogP contribution in [-0.2, 0) is 20.8 Å². The summed E-state index contributed by atoms with van der Waals surface area (Å²) in [7, 11) is 0. The third-order valence-electron chi connectivity index (χ3n) is 3.93. The number of primary amides is 1. The van der Waals surface area contributed by atoms with Crippen LogP contribution in [0.2, 0.25) is 0 Å². The monoisotopic (exact) mass is 366 g/mol. The van der Waals surface area contributed by atoms with Gasteiger partial charge in [-0.3, -0.25) is 14.4 Å². The second-order valence-corrected chi connectivity index (χ2v) is 6.31. The first-order valence-electron chi connectivity index (χ1n) is 7.83. The van der Waals surface area contributed by atoms with Crippen LogP contribution in [0.5, 0.6) is 0 Å². The molecule has 2 atom stereocenters. The number of aliphatic hydroxyl groups is 1. The van der Waals surface area contributed by atoms with Crippen molar-refractivity contribution in [2.45, 2.75) is 25.9 Å². The Bertz CT molecular complexity index is 700. The molecule has 0 aromatic heterocycles. The standard InChI is InChI=1S/C17H22N2O7/c1-9(2)13(15(22)23)17(26,16(24)25)7-10-3-5-11(6-4-10)14(21)19-8-12(18)20/h3-6,9,13,26H,7-8H2,1-2H3,(H2,18,20)(H,19,21)(H,22,23)(H,24,25). The summed E-state index contributed by atoms with van der Waals surface area (Å²) >= 11 is 0. The van der Waals surface area contributed by atoms with E-state index in [2.05, 4.69) is 5.32 Å². The predicted octanol–water partition coefficient (Wildman–Crippen LogP) is -0.383. The highest BCUT2D eigenvalue weighted by Crippen LogP contribution is 2.30. The number of hydrogen-bond donors (Lipinski definition) is 5. The Morgan fingerprint density at radius 2 is 1.65 bits per heavy atom. The molecular formula is C17H22N2O7. The van der Waals surface area contributed by atoms with E-state index in [0.29, 0.717) is 5.56 Å². The molecule has 6 N–H and O–H groups in total. The summed E-state index contributed by atoms with van der Waals surface area (Å²) in [4.78, 5) is 45.5. The molecule has 0 aliphatic rings.